The first kappa shape index (κ1) is 19.8. The fourth-order valence-corrected chi connectivity index (χ4v) is 5.00. The van der Waals surface area contributed by atoms with Crippen LogP contribution in [0.25, 0.3) is 10.6 Å². The number of anilines is 1. The molecule has 9 heteroatoms. The fourth-order valence-electron chi connectivity index (χ4n) is 3.11. The molecule has 7 nitrogen and oxygen atoms in total. The van der Waals surface area contributed by atoms with Crippen molar-refractivity contribution in [3.63, 3.8) is 0 Å². The van der Waals surface area contributed by atoms with Crippen LogP contribution in [0.15, 0.2) is 5.38 Å². The molecule has 3 amide bonds. The normalized spacial score (nSPS) is 20.1. The Morgan fingerprint density at radius 2 is 2.04 bits per heavy atom. The lowest BCUT2D eigenvalue weighted by Gasteiger charge is -2.31. The highest BCUT2D eigenvalue weighted by Gasteiger charge is 2.44. The fraction of sp³-hybridized carbons (Fsp3) is 0.556. The molecule has 2 aromatic rings. The molecule has 146 valence electrons. The highest BCUT2D eigenvalue weighted by Crippen LogP contribution is 2.36. The number of carbonyl (C=O) groups excluding carboxylic acids is 2. The monoisotopic (exact) mass is 407 g/mol. The Kier molecular flexibility index (Phi) is 5.02. The lowest BCUT2D eigenvalue weighted by Crippen LogP contribution is -2.55. The van der Waals surface area contributed by atoms with Crippen LogP contribution >= 0.6 is 22.7 Å². The van der Waals surface area contributed by atoms with Gasteiger partial charge in [-0.3, -0.25) is 10.1 Å². The molecule has 0 aromatic carbocycles. The summed E-state index contributed by atoms with van der Waals surface area (Å²) in [7, 11) is 0. The van der Waals surface area contributed by atoms with Crippen molar-refractivity contribution in [2.75, 3.05) is 11.9 Å². The van der Waals surface area contributed by atoms with Crippen molar-refractivity contribution < 1.29 is 9.59 Å². The van der Waals surface area contributed by atoms with Gasteiger partial charge in [0.15, 0.2) is 5.13 Å². The summed E-state index contributed by atoms with van der Waals surface area (Å²) in [5.74, 6) is -0.483. The molecule has 0 bridgehead atoms. The zero-order valence-corrected chi connectivity index (χ0v) is 17.9. The third-order valence-corrected chi connectivity index (χ3v) is 7.17. The van der Waals surface area contributed by atoms with Gasteiger partial charge < -0.3 is 10.6 Å². The van der Waals surface area contributed by atoms with Crippen molar-refractivity contribution in [2.24, 2.45) is 5.73 Å². The summed E-state index contributed by atoms with van der Waals surface area (Å²) < 4.78 is 0. The first-order valence-electron chi connectivity index (χ1n) is 8.85. The summed E-state index contributed by atoms with van der Waals surface area (Å²) in [4.78, 5) is 36.1. The van der Waals surface area contributed by atoms with E-state index < -0.39 is 11.4 Å². The van der Waals surface area contributed by atoms with Crippen molar-refractivity contribution in [3.8, 4) is 10.6 Å². The number of carbonyl (C=O) groups is 2. The number of urea groups is 1. The molecule has 0 spiro atoms. The number of thiazole rings is 2. The van der Waals surface area contributed by atoms with Crippen LogP contribution < -0.4 is 11.1 Å². The van der Waals surface area contributed by atoms with Gasteiger partial charge in [-0.05, 0) is 26.7 Å². The smallest absolute Gasteiger partial charge is 0.324 e. The summed E-state index contributed by atoms with van der Waals surface area (Å²) in [6, 6.07) is -0.345. The van der Waals surface area contributed by atoms with Gasteiger partial charge in [0, 0.05) is 17.3 Å². The van der Waals surface area contributed by atoms with Crippen LogP contribution in [0.4, 0.5) is 9.93 Å². The van der Waals surface area contributed by atoms with Gasteiger partial charge in [0.1, 0.15) is 5.54 Å². The molecule has 1 saturated heterocycles. The van der Waals surface area contributed by atoms with Crippen molar-refractivity contribution in [2.45, 2.75) is 58.4 Å². The van der Waals surface area contributed by atoms with Gasteiger partial charge in [-0.25, -0.2) is 14.8 Å². The molecule has 3 heterocycles. The first-order valence-corrected chi connectivity index (χ1v) is 10.5. The van der Waals surface area contributed by atoms with E-state index in [9.17, 15) is 9.59 Å². The second-order valence-corrected chi connectivity index (χ2v) is 9.90. The Morgan fingerprint density at radius 3 is 2.63 bits per heavy atom. The lowest BCUT2D eigenvalue weighted by molar-refractivity contribution is -0.126. The van der Waals surface area contributed by atoms with E-state index in [0.29, 0.717) is 18.1 Å². The van der Waals surface area contributed by atoms with Gasteiger partial charge in [0.2, 0.25) is 5.91 Å². The Hall–Kier alpha value is -2.00. The minimum atomic E-state index is -0.949. The van der Waals surface area contributed by atoms with E-state index in [4.69, 9.17) is 10.7 Å². The second-order valence-electron chi connectivity index (χ2n) is 8.04. The number of aromatic nitrogens is 2. The Morgan fingerprint density at radius 1 is 1.33 bits per heavy atom. The maximum atomic E-state index is 12.7. The van der Waals surface area contributed by atoms with E-state index in [0.717, 1.165) is 27.7 Å². The maximum absolute atomic E-state index is 12.7. The van der Waals surface area contributed by atoms with E-state index in [1.165, 1.54) is 16.2 Å². The largest absolute Gasteiger partial charge is 0.368 e. The molecule has 1 aliphatic heterocycles. The van der Waals surface area contributed by atoms with Gasteiger partial charge in [-0.2, -0.15) is 0 Å². The number of hydrogen-bond acceptors (Lipinski definition) is 6. The zero-order chi connectivity index (χ0) is 20.0. The number of nitrogens with zero attached hydrogens (tertiary/aromatic N) is 3. The highest BCUT2D eigenvalue weighted by atomic mass is 32.1. The predicted molar refractivity (Wildman–Crippen MR) is 109 cm³/mol. The molecule has 1 atom stereocenters. The number of nitrogens with one attached hydrogen (secondary N) is 1. The second kappa shape index (κ2) is 6.87. The van der Waals surface area contributed by atoms with Crippen molar-refractivity contribution in [1.82, 2.24) is 14.9 Å². The minimum absolute atomic E-state index is 0.00642. The first-order chi connectivity index (χ1) is 12.5. The number of primary amides is 1. The molecule has 3 N–H and O–H groups in total. The summed E-state index contributed by atoms with van der Waals surface area (Å²) in [5.41, 5.74) is 6.26. The summed E-state index contributed by atoms with van der Waals surface area (Å²) in [6.45, 7) is 10.5. The van der Waals surface area contributed by atoms with Gasteiger partial charge in [0.25, 0.3) is 0 Å². The number of amides is 3. The van der Waals surface area contributed by atoms with Crippen LogP contribution in [0.2, 0.25) is 0 Å². The topological polar surface area (TPSA) is 101 Å². The van der Waals surface area contributed by atoms with E-state index >= 15 is 0 Å². The Bertz CT molecular complexity index is 883. The Labute approximate surface area is 167 Å². The van der Waals surface area contributed by atoms with Crippen LogP contribution in [0, 0.1) is 6.92 Å². The van der Waals surface area contributed by atoms with Crippen molar-refractivity contribution >= 4 is 39.7 Å². The molecule has 1 fully saturated rings. The standard InChI is InChI=1S/C18H25N5O2S2/c1-10-12(11-9-26-14(21-11)17(2,3)4)27-15(20-10)22-16(25)23-8-6-7-18(23,5)13(19)24/h9H,6-8H2,1-5H3,(H2,19,24)(H,20,22,25)/t18-/m0/s1. The average molecular weight is 408 g/mol. The van der Waals surface area contributed by atoms with Gasteiger partial charge >= 0.3 is 6.03 Å². The molecule has 1 aliphatic rings. The van der Waals surface area contributed by atoms with E-state index in [-0.39, 0.29) is 11.4 Å². The summed E-state index contributed by atoms with van der Waals surface area (Å²) in [5, 5.41) is 6.41. The molecule has 0 saturated carbocycles. The van der Waals surface area contributed by atoms with Crippen LogP contribution in [0.3, 0.4) is 0 Å². The van der Waals surface area contributed by atoms with E-state index in [1.54, 1.807) is 18.3 Å². The third kappa shape index (κ3) is 3.70. The molecule has 0 aliphatic carbocycles. The molecular formula is C18H25N5O2S2. The predicted octanol–water partition coefficient (Wildman–Crippen LogP) is 3.74. The van der Waals surface area contributed by atoms with Gasteiger partial charge in [0.05, 0.1) is 21.3 Å². The quantitative estimate of drug-likeness (QED) is 0.809. The number of hydrogen-bond donors (Lipinski definition) is 2. The van der Waals surface area contributed by atoms with Gasteiger partial charge in [-0.15, -0.1) is 11.3 Å². The molecule has 0 radical (unpaired) electrons. The van der Waals surface area contributed by atoms with Crippen molar-refractivity contribution in [1.29, 1.82) is 0 Å². The molecule has 2 aromatic heterocycles. The number of aryl methyl sites for hydroxylation is 1. The zero-order valence-electron chi connectivity index (χ0n) is 16.3. The molecule has 0 unspecified atom stereocenters. The number of likely N-dealkylation sites (tertiary alicyclic amines) is 1. The molecule has 27 heavy (non-hydrogen) atoms. The summed E-state index contributed by atoms with van der Waals surface area (Å²) in [6.07, 6.45) is 1.33. The Balaban J connectivity index is 1.80. The average Bonchev–Trinajstić information content (AvgIpc) is 3.25. The highest BCUT2D eigenvalue weighted by molar-refractivity contribution is 7.19. The van der Waals surface area contributed by atoms with E-state index in [1.807, 2.05) is 12.3 Å². The maximum Gasteiger partial charge on any atom is 0.324 e. The summed E-state index contributed by atoms with van der Waals surface area (Å²) >= 11 is 3.02. The lowest BCUT2D eigenvalue weighted by atomic mass is 9.98. The number of nitrogens with two attached hydrogens (primary N) is 1. The third-order valence-electron chi connectivity index (χ3n) is 4.81. The SMILES string of the molecule is Cc1nc(NC(=O)N2CCC[C@@]2(C)C(N)=O)sc1-c1csc(C(C)(C)C)n1. The van der Waals surface area contributed by atoms with Crippen LogP contribution in [-0.4, -0.2) is 38.9 Å². The van der Waals surface area contributed by atoms with Crippen molar-refractivity contribution in [3.05, 3.63) is 16.1 Å². The van der Waals surface area contributed by atoms with Crippen LogP contribution in [0.1, 0.15) is 51.2 Å². The number of rotatable bonds is 3. The van der Waals surface area contributed by atoms with Crippen LogP contribution in [0.5, 0.6) is 0 Å². The van der Waals surface area contributed by atoms with E-state index in [2.05, 4.69) is 31.1 Å². The minimum Gasteiger partial charge on any atom is -0.368 e. The van der Waals surface area contributed by atoms with Crippen LogP contribution in [-0.2, 0) is 10.2 Å². The molecule has 3 rings (SSSR count). The van der Waals surface area contributed by atoms with Gasteiger partial charge in [-0.1, -0.05) is 32.1 Å². The molecular weight excluding hydrogens is 382 g/mol.